The Morgan fingerprint density at radius 1 is 0.600 bits per heavy atom. The van der Waals surface area contributed by atoms with E-state index >= 15 is 0 Å². The first-order chi connectivity index (χ1) is 12.2. The average molecular weight is 460 g/mol. The molecule has 0 saturated carbocycles. The zero-order valence-corrected chi connectivity index (χ0v) is 17.9. The van der Waals surface area contributed by atoms with Gasteiger partial charge >= 0.3 is 166 Å². The van der Waals surface area contributed by atoms with Crippen LogP contribution in [0.3, 0.4) is 0 Å². The Bertz CT molecular complexity index is 685. The molecule has 0 aromatic heterocycles. The van der Waals surface area contributed by atoms with Crippen LogP contribution in [0.4, 0.5) is 0 Å². The van der Waals surface area contributed by atoms with E-state index in [1.807, 2.05) is 0 Å². The number of hydrogen-bond acceptors (Lipinski definition) is 0. The normalized spacial score (nSPS) is 13.1. The van der Waals surface area contributed by atoms with Crippen molar-refractivity contribution in [1.82, 2.24) is 0 Å². The molecule has 0 aliphatic carbocycles. The monoisotopic (exact) mass is 460 g/mol. The van der Waals surface area contributed by atoms with Gasteiger partial charge in [0.25, 0.3) is 0 Å². The van der Waals surface area contributed by atoms with Crippen LogP contribution in [0.1, 0.15) is 26.2 Å². The molecule has 0 aliphatic heterocycles. The van der Waals surface area contributed by atoms with E-state index < -0.39 is 4.25 Å². The molecule has 0 unspecified atom stereocenters. The summed E-state index contributed by atoms with van der Waals surface area (Å²) < 4.78 is -2.50. The fourth-order valence-electron chi connectivity index (χ4n) is 3.71. The summed E-state index contributed by atoms with van der Waals surface area (Å²) in [5, 5.41) is 4.47. The molecule has 0 aliphatic rings. The van der Waals surface area contributed by atoms with Gasteiger partial charge in [0, 0.05) is 0 Å². The number of unbranched alkanes of at least 4 members (excludes halogenated alkanes) is 2. The number of halogens is 1. The summed E-state index contributed by atoms with van der Waals surface area (Å²) in [6.07, 6.45) is 5.02. The SMILES string of the molecule is CCCCCP(I)(c1ccccc1)(c1ccccc1)c1ccccc1. The van der Waals surface area contributed by atoms with Gasteiger partial charge in [-0.25, -0.2) is 0 Å². The molecule has 0 radical (unpaired) electrons. The number of hydrogen-bond donors (Lipinski definition) is 0. The van der Waals surface area contributed by atoms with Crippen LogP contribution < -0.4 is 15.9 Å². The molecule has 3 aromatic carbocycles. The minimum atomic E-state index is -2.50. The van der Waals surface area contributed by atoms with Crippen LogP contribution >= 0.6 is 26.3 Å². The van der Waals surface area contributed by atoms with Crippen molar-refractivity contribution < 1.29 is 0 Å². The van der Waals surface area contributed by atoms with Crippen LogP contribution in [0.25, 0.3) is 0 Å². The quantitative estimate of drug-likeness (QED) is 0.229. The summed E-state index contributed by atoms with van der Waals surface area (Å²) in [4.78, 5) is 0. The van der Waals surface area contributed by atoms with Crippen molar-refractivity contribution in [2.45, 2.75) is 26.2 Å². The average Bonchev–Trinajstić information content (AvgIpc) is 2.70. The fourth-order valence-corrected chi connectivity index (χ4v) is 12.5. The molecule has 0 saturated heterocycles. The molecule has 2 heteroatoms. The second kappa shape index (κ2) is 8.01. The third-order valence-electron chi connectivity index (χ3n) is 5.07. The second-order valence-corrected chi connectivity index (χ2v) is 17.4. The zero-order chi connectivity index (χ0) is 17.6. The predicted molar refractivity (Wildman–Crippen MR) is 124 cm³/mol. The van der Waals surface area contributed by atoms with Crippen LogP contribution in [0.15, 0.2) is 91.0 Å². The summed E-state index contributed by atoms with van der Waals surface area (Å²) in [6, 6.07) is 33.6. The van der Waals surface area contributed by atoms with E-state index in [1.54, 1.807) is 0 Å². The van der Waals surface area contributed by atoms with E-state index in [2.05, 4.69) is 120 Å². The Hall–Kier alpha value is -1.18. The van der Waals surface area contributed by atoms with Crippen molar-refractivity contribution in [2.75, 3.05) is 6.16 Å². The summed E-state index contributed by atoms with van der Waals surface area (Å²) in [6.45, 7) is 2.29. The molecule has 0 bridgehead atoms. The number of benzene rings is 3. The standard InChI is InChI=1S/C23H26IP/c1-2-3-13-20-25(24,21-14-7-4-8-15-21,22-16-9-5-10-17-22)23-18-11-6-12-19-23/h4-12,14-19H,2-3,13,20H2,1H3. The van der Waals surface area contributed by atoms with Crippen molar-refractivity contribution in [2.24, 2.45) is 0 Å². The van der Waals surface area contributed by atoms with E-state index in [9.17, 15) is 0 Å². The summed E-state index contributed by atoms with van der Waals surface area (Å²) in [5.41, 5.74) is 0. The Balaban J connectivity index is 2.32. The Kier molecular flexibility index (Phi) is 5.96. The van der Waals surface area contributed by atoms with E-state index in [4.69, 9.17) is 0 Å². The first-order valence-electron chi connectivity index (χ1n) is 9.10. The molecule has 25 heavy (non-hydrogen) atoms. The molecule has 3 rings (SSSR count). The molecule has 0 heterocycles. The molecule has 0 spiro atoms. The first kappa shape index (κ1) is 18.6. The molecule has 130 valence electrons. The van der Waals surface area contributed by atoms with Crippen LogP contribution in [-0.2, 0) is 0 Å². The summed E-state index contributed by atoms with van der Waals surface area (Å²) in [5.74, 6) is 0. The molecule has 0 atom stereocenters. The zero-order valence-electron chi connectivity index (χ0n) is 14.8. The van der Waals surface area contributed by atoms with Crippen LogP contribution in [-0.4, -0.2) is 6.16 Å². The maximum atomic E-state index is 2.88. The molecular weight excluding hydrogens is 434 g/mol. The molecule has 0 fully saturated rings. The second-order valence-electron chi connectivity index (χ2n) is 6.62. The first-order valence-corrected chi connectivity index (χ1v) is 14.3. The van der Waals surface area contributed by atoms with Gasteiger partial charge in [0.2, 0.25) is 0 Å². The molecular formula is C23H26IP. The van der Waals surface area contributed by atoms with E-state index in [1.165, 1.54) is 41.3 Å². The Morgan fingerprint density at radius 3 is 1.28 bits per heavy atom. The van der Waals surface area contributed by atoms with Crippen molar-refractivity contribution in [1.29, 1.82) is 0 Å². The Labute approximate surface area is 165 Å². The van der Waals surface area contributed by atoms with Crippen LogP contribution in [0.2, 0.25) is 0 Å². The Morgan fingerprint density at radius 2 is 0.960 bits per heavy atom. The van der Waals surface area contributed by atoms with Gasteiger partial charge in [0.15, 0.2) is 0 Å². The van der Waals surface area contributed by atoms with Gasteiger partial charge in [-0.05, 0) is 0 Å². The third kappa shape index (κ3) is 3.41. The van der Waals surface area contributed by atoms with E-state index in [-0.39, 0.29) is 0 Å². The van der Waals surface area contributed by atoms with Gasteiger partial charge in [0.1, 0.15) is 0 Å². The topological polar surface area (TPSA) is 0 Å². The van der Waals surface area contributed by atoms with Crippen molar-refractivity contribution in [3.63, 3.8) is 0 Å². The van der Waals surface area contributed by atoms with Crippen molar-refractivity contribution >= 4 is 42.2 Å². The van der Waals surface area contributed by atoms with E-state index in [0.29, 0.717) is 0 Å². The van der Waals surface area contributed by atoms with Gasteiger partial charge < -0.3 is 0 Å². The third-order valence-corrected chi connectivity index (χ3v) is 16.8. The number of rotatable bonds is 7. The van der Waals surface area contributed by atoms with Gasteiger partial charge in [0.05, 0.1) is 0 Å². The maximum absolute atomic E-state index is 2.88. The molecule has 0 nitrogen and oxygen atoms in total. The van der Waals surface area contributed by atoms with Crippen molar-refractivity contribution in [3.05, 3.63) is 91.0 Å². The van der Waals surface area contributed by atoms with Crippen LogP contribution in [0, 0.1) is 0 Å². The van der Waals surface area contributed by atoms with Gasteiger partial charge in [-0.1, -0.05) is 0 Å². The molecule has 0 amide bonds. The summed E-state index contributed by atoms with van der Waals surface area (Å²) in [7, 11) is 0. The van der Waals surface area contributed by atoms with Crippen molar-refractivity contribution in [3.8, 4) is 0 Å². The van der Waals surface area contributed by atoms with Gasteiger partial charge in [-0.2, -0.15) is 0 Å². The fraction of sp³-hybridized carbons (Fsp3) is 0.217. The molecule has 0 N–H and O–H groups in total. The molecule has 3 aromatic rings. The minimum absolute atomic E-state index is 1.22. The summed E-state index contributed by atoms with van der Waals surface area (Å²) >= 11 is 2.88. The van der Waals surface area contributed by atoms with Gasteiger partial charge in [-0.15, -0.1) is 0 Å². The van der Waals surface area contributed by atoms with E-state index in [0.717, 1.165) is 0 Å². The van der Waals surface area contributed by atoms with Crippen LogP contribution in [0.5, 0.6) is 0 Å². The van der Waals surface area contributed by atoms with Gasteiger partial charge in [-0.3, -0.25) is 0 Å². The predicted octanol–water partition coefficient (Wildman–Crippen LogP) is 6.06.